The van der Waals surface area contributed by atoms with Crippen LogP contribution in [0.15, 0.2) is 36.7 Å². The van der Waals surface area contributed by atoms with Crippen LogP contribution < -0.4 is 15.0 Å². The van der Waals surface area contributed by atoms with E-state index in [1.165, 1.54) is 11.3 Å². The van der Waals surface area contributed by atoms with Crippen molar-refractivity contribution in [2.75, 3.05) is 30.5 Å². The Bertz CT molecular complexity index is 1420. The normalized spacial score (nSPS) is 14.7. The number of aromatic amines is 1. The number of amides is 2. The highest BCUT2D eigenvalue weighted by Gasteiger charge is 2.39. The Balaban J connectivity index is 1.49. The molecular weight excluding hydrogens is 480 g/mol. The molecule has 0 unspecified atom stereocenters. The highest BCUT2D eigenvalue weighted by atomic mass is 32.1. The first kappa shape index (κ1) is 24.0. The van der Waals surface area contributed by atoms with E-state index in [0.717, 1.165) is 22.4 Å². The Morgan fingerprint density at radius 3 is 2.89 bits per heavy atom. The zero-order valence-electron chi connectivity index (χ0n) is 20.6. The number of rotatable bonds is 8. The van der Waals surface area contributed by atoms with Crippen LogP contribution in [-0.2, 0) is 16.1 Å². The Hall–Kier alpha value is -3.70. The number of aromatic nitrogens is 4. The van der Waals surface area contributed by atoms with E-state index in [9.17, 15) is 9.59 Å². The van der Waals surface area contributed by atoms with Crippen LogP contribution in [0.25, 0.3) is 21.5 Å². The number of carbonyl (C=O) groups is 2. The summed E-state index contributed by atoms with van der Waals surface area (Å²) in [6.45, 7) is 7.29. The summed E-state index contributed by atoms with van der Waals surface area (Å²) in [6.07, 6.45) is 4.25. The lowest BCUT2D eigenvalue weighted by Gasteiger charge is -2.36. The van der Waals surface area contributed by atoms with E-state index in [0.29, 0.717) is 47.5 Å². The lowest BCUT2D eigenvalue weighted by Crippen LogP contribution is -2.50. The molecule has 0 fully saturated rings. The van der Waals surface area contributed by atoms with Crippen molar-refractivity contribution >= 4 is 45.8 Å². The Kier molecular flexibility index (Phi) is 6.27. The number of carbonyl (C=O) groups excluding carboxylic acids is 2. The minimum atomic E-state index is -0.974. The molecule has 1 aromatic carbocycles. The molecule has 2 N–H and O–H groups in total. The smallest absolute Gasteiger partial charge is 0.270 e. The average Bonchev–Trinajstić information content (AvgIpc) is 3.60. The molecule has 188 valence electrons. The van der Waals surface area contributed by atoms with Crippen LogP contribution in [0, 0.1) is 0 Å². The number of hydrogen-bond acceptors (Lipinski definition) is 7. The van der Waals surface area contributed by atoms with E-state index >= 15 is 0 Å². The maximum Gasteiger partial charge on any atom is 0.270 e. The van der Waals surface area contributed by atoms with Crippen LogP contribution >= 0.6 is 11.3 Å². The predicted molar refractivity (Wildman–Crippen MR) is 139 cm³/mol. The second-order valence-corrected chi connectivity index (χ2v) is 10.1. The zero-order chi connectivity index (χ0) is 25.4. The molecule has 0 spiro atoms. The van der Waals surface area contributed by atoms with Crippen molar-refractivity contribution in [2.24, 2.45) is 0 Å². The highest BCUT2D eigenvalue weighted by Crippen LogP contribution is 2.40. The number of H-pyrrole nitrogens is 1. The monoisotopic (exact) mass is 508 g/mol. The molecule has 0 atom stereocenters. The zero-order valence-corrected chi connectivity index (χ0v) is 21.4. The third-order valence-electron chi connectivity index (χ3n) is 6.09. The van der Waals surface area contributed by atoms with Crippen molar-refractivity contribution in [2.45, 2.75) is 39.3 Å². The topological polar surface area (TPSA) is 114 Å². The molecule has 0 saturated carbocycles. The van der Waals surface area contributed by atoms with Gasteiger partial charge < -0.3 is 18.9 Å². The minimum absolute atomic E-state index is 0.134. The first-order valence-corrected chi connectivity index (χ1v) is 12.6. The van der Waals surface area contributed by atoms with Gasteiger partial charge in [0, 0.05) is 49.5 Å². The maximum atomic E-state index is 13.2. The van der Waals surface area contributed by atoms with Crippen LogP contribution in [0.5, 0.6) is 5.75 Å². The molecule has 0 bridgehead atoms. The minimum Gasteiger partial charge on any atom is -0.476 e. The fourth-order valence-electron chi connectivity index (χ4n) is 4.27. The summed E-state index contributed by atoms with van der Waals surface area (Å²) in [4.78, 5) is 33.7. The van der Waals surface area contributed by atoms with Gasteiger partial charge in [-0.2, -0.15) is 5.10 Å². The number of benzene rings is 1. The molecule has 0 saturated heterocycles. The molecular formula is C25H28N6O4S. The first-order valence-electron chi connectivity index (χ1n) is 11.8. The summed E-state index contributed by atoms with van der Waals surface area (Å²) in [7, 11) is 1.73. The van der Waals surface area contributed by atoms with Gasteiger partial charge in [0.1, 0.15) is 5.75 Å². The molecule has 36 heavy (non-hydrogen) atoms. The summed E-state index contributed by atoms with van der Waals surface area (Å²) in [5, 5.41) is 9.74. The Morgan fingerprint density at radius 1 is 1.31 bits per heavy atom. The second-order valence-electron chi connectivity index (χ2n) is 9.03. The van der Waals surface area contributed by atoms with E-state index in [2.05, 4.69) is 15.5 Å². The van der Waals surface area contributed by atoms with E-state index in [1.807, 2.05) is 29.7 Å². The largest absolute Gasteiger partial charge is 0.476 e. The van der Waals surface area contributed by atoms with Gasteiger partial charge in [-0.1, -0.05) is 0 Å². The lowest BCUT2D eigenvalue weighted by molar-refractivity contribution is -0.132. The number of likely N-dealkylation sites (N-methyl/N-ethyl adjacent to an activating group) is 1. The van der Waals surface area contributed by atoms with Gasteiger partial charge in [-0.25, -0.2) is 4.98 Å². The Labute approximate surface area is 212 Å². The summed E-state index contributed by atoms with van der Waals surface area (Å²) >= 11 is 1.38. The lowest BCUT2D eigenvalue weighted by atomic mass is 10.0. The van der Waals surface area contributed by atoms with Gasteiger partial charge in [-0.3, -0.25) is 20.0 Å². The predicted octanol–water partition coefficient (Wildman–Crippen LogP) is 4.30. The fourth-order valence-corrected chi connectivity index (χ4v) is 5.15. The first-order chi connectivity index (χ1) is 17.3. The number of anilines is 2. The van der Waals surface area contributed by atoms with Crippen LogP contribution in [0.4, 0.5) is 11.6 Å². The van der Waals surface area contributed by atoms with E-state index in [1.54, 1.807) is 44.3 Å². The SMILES string of the molecule is CCOCCCn1c(NC(=O)c2ccc(-c3cn[nH]c3)s2)nc2cc3c(cc21)OC(C)(C)C(=O)N3C. The van der Waals surface area contributed by atoms with Crippen molar-refractivity contribution in [1.82, 2.24) is 19.7 Å². The van der Waals surface area contributed by atoms with Crippen LogP contribution in [0.2, 0.25) is 0 Å². The van der Waals surface area contributed by atoms with Gasteiger partial charge in [-0.15, -0.1) is 11.3 Å². The number of thiophene rings is 1. The van der Waals surface area contributed by atoms with Crippen molar-refractivity contribution in [3.63, 3.8) is 0 Å². The number of ether oxygens (including phenoxy) is 2. The molecule has 10 nitrogen and oxygen atoms in total. The van der Waals surface area contributed by atoms with Gasteiger partial charge in [0.25, 0.3) is 11.8 Å². The maximum absolute atomic E-state index is 13.2. The van der Waals surface area contributed by atoms with Crippen molar-refractivity contribution in [1.29, 1.82) is 0 Å². The molecule has 0 aliphatic carbocycles. The van der Waals surface area contributed by atoms with Gasteiger partial charge >= 0.3 is 0 Å². The molecule has 5 rings (SSSR count). The average molecular weight is 509 g/mol. The van der Waals surface area contributed by atoms with Gasteiger partial charge in [-0.05, 0) is 45.4 Å². The second kappa shape index (κ2) is 9.40. The third-order valence-corrected chi connectivity index (χ3v) is 7.22. The third kappa shape index (κ3) is 4.35. The van der Waals surface area contributed by atoms with Crippen molar-refractivity contribution < 1.29 is 19.1 Å². The highest BCUT2D eigenvalue weighted by molar-refractivity contribution is 7.17. The quantitative estimate of drug-likeness (QED) is 0.343. The van der Waals surface area contributed by atoms with Crippen LogP contribution in [0.3, 0.4) is 0 Å². The summed E-state index contributed by atoms with van der Waals surface area (Å²) in [6, 6.07) is 7.41. The molecule has 1 aliphatic rings. The Morgan fingerprint density at radius 2 is 2.14 bits per heavy atom. The molecule has 4 aromatic rings. The summed E-state index contributed by atoms with van der Waals surface area (Å²) < 4.78 is 13.5. The molecule has 2 amide bonds. The number of nitrogens with zero attached hydrogens (tertiary/aromatic N) is 4. The molecule has 11 heteroatoms. The number of imidazole rings is 1. The van der Waals surface area contributed by atoms with Crippen molar-refractivity contribution in [3.05, 3.63) is 41.5 Å². The number of aryl methyl sites for hydroxylation is 1. The number of hydrogen-bond donors (Lipinski definition) is 2. The number of fused-ring (bicyclic) bond motifs is 2. The van der Waals surface area contributed by atoms with E-state index in [4.69, 9.17) is 14.5 Å². The van der Waals surface area contributed by atoms with Gasteiger partial charge in [0.2, 0.25) is 5.95 Å². The molecule has 3 aromatic heterocycles. The standard InChI is InChI=1S/C25H28N6O4S/c1-5-34-10-6-9-31-17-12-19-18(30(4)23(33)25(2,3)35-19)11-16(17)28-24(31)29-22(32)21-8-7-20(36-21)15-13-26-27-14-15/h7-8,11-14H,5-6,9-10H2,1-4H3,(H,26,27)(H,28,29,32). The molecule has 0 radical (unpaired) electrons. The number of nitrogens with one attached hydrogen (secondary N) is 2. The van der Waals surface area contributed by atoms with E-state index < -0.39 is 5.60 Å². The molecule has 1 aliphatic heterocycles. The van der Waals surface area contributed by atoms with E-state index in [-0.39, 0.29) is 11.8 Å². The summed E-state index contributed by atoms with van der Waals surface area (Å²) in [5.41, 5.74) is 2.07. The van der Waals surface area contributed by atoms with Crippen molar-refractivity contribution in [3.8, 4) is 16.2 Å². The van der Waals surface area contributed by atoms with Gasteiger partial charge in [0.05, 0.1) is 27.8 Å². The van der Waals surface area contributed by atoms with Gasteiger partial charge in [0.15, 0.2) is 5.60 Å². The van der Waals surface area contributed by atoms with Crippen LogP contribution in [0.1, 0.15) is 36.9 Å². The molecule has 4 heterocycles. The van der Waals surface area contributed by atoms with Crippen LogP contribution in [-0.4, -0.2) is 57.4 Å². The summed E-state index contributed by atoms with van der Waals surface area (Å²) in [5.74, 6) is 0.650. The fraction of sp³-hybridized carbons (Fsp3) is 0.360.